The Morgan fingerprint density at radius 1 is 0.875 bits per heavy atom. The molecule has 0 atom stereocenters. The van der Waals surface area contributed by atoms with Gasteiger partial charge in [0, 0.05) is 50.4 Å². The molecular weight excluding hydrogens is 614 g/mol. The number of carbonyl (C=O) groups is 2. The summed E-state index contributed by atoms with van der Waals surface area (Å²) in [4.78, 5) is 37.8. The van der Waals surface area contributed by atoms with Crippen molar-refractivity contribution in [2.45, 2.75) is 53.2 Å². The van der Waals surface area contributed by atoms with Crippen molar-refractivity contribution in [2.24, 2.45) is 11.5 Å². The minimum atomic E-state index is -0.537. The Kier molecular flexibility index (Phi) is 8.94. The second-order valence-corrected chi connectivity index (χ2v) is 11.3. The van der Waals surface area contributed by atoms with E-state index in [9.17, 15) is 14.7 Å². The Morgan fingerprint density at radius 2 is 1.46 bits per heavy atom. The zero-order chi connectivity index (χ0) is 33.9. The number of nitrogens with one attached hydrogen (secondary N) is 2. The number of rotatable bonds is 14. The second-order valence-electron chi connectivity index (χ2n) is 11.3. The van der Waals surface area contributed by atoms with E-state index < -0.39 is 11.8 Å². The number of primary amides is 2. The molecule has 6 rings (SSSR count). The maximum absolute atomic E-state index is 11.9. The second kappa shape index (κ2) is 13.4. The van der Waals surface area contributed by atoms with E-state index >= 15 is 0 Å². The van der Waals surface area contributed by atoms with Crippen LogP contribution in [0.2, 0.25) is 0 Å². The van der Waals surface area contributed by atoms with Crippen LogP contribution >= 0.6 is 0 Å². The number of aryl methyl sites for hydroxylation is 4. The molecular formula is C33H37N11O4. The molecule has 0 aliphatic rings. The van der Waals surface area contributed by atoms with Crippen molar-refractivity contribution in [3.8, 4) is 0 Å². The molecule has 4 aromatic heterocycles. The van der Waals surface area contributed by atoms with Crippen molar-refractivity contribution in [1.82, 2.24) is 33.9 Å². The normalized spacial score (nSPS) is 11.7. The fraction of sp³-hybridized carbons (Fsp3) is 0.273. The Morgan fingerprint density at radius 3 is 2.00 bits per heavy atom. The topological polar surface area (TPSA) is 210 Å². The van der Waals surface area contributed by atoms with Crippen LogP contribution in [0.1, 0.15) is 51.3 Å². The molecule has 0 spiro atoms. The maximum atomic E-state index is 11.9. The first-order chi connectivity index (χ1) is 23.1. The zero-order valence-corrected chi connectivity index (χ0v) is 26.9. The van der Waals surface area contributed by atoms with Crippen molar-refractivity contribution in [3.63, 3.8) is 0 Å². The van der Waals surface area contributed by atoms with E-state index in [1.807, 2.05) is 53.3 Å². The Bertz CT molecular complexity index is 2170. The fourth-order valence-corrected chi connectivity index (χ4v) is 5.55. The number of carbonyl (C=O) groups excluding carboxylic acids is 2. The van der Waals surface area contributed by atoms with Crippen LogP contribution in [0, 0.1) is 13.8 Å². The quantitative estimate of drug-likeness (QED) is 0.107. The number of anilines is 4. The van der Waals surface area contributed by atoms with Gasteiger partial charge in [-0.25, -0.2) is 19.6 Å². The highest BCUT2D eigenvalue weighted by Crippen LogP contribution is 2.28. The van der Waals surface area contributed by atoms with Crippen molar-refractivity contribution >= 4 is 57.5 Å². The molecule has 4 heterocycles. The van der Waals surface area contributed by atoms with E-state index in [0.717, 1.165) is 28.2 Å². The minimum absolute atomic E-state index is 0.0467. The predicted octanol–water partition coefficient (Wildman–Crippen LogP) is 4.07. The van der Waals surface area contributed by atoms with Crippen LogP contribution < -0.4 is 22.1 Å². The summed E-state index contributed by atoms with van der Waals surface area (Å²) in [5, 5.41) is 20.6. The average Bonchev–Trinajstić information content (AvgIpc) is 3.80. The molecule has 0 saturated carbocycles. The number of oxazole rings is 1. The molecule has 0 bridgehead atoms. The number of aromatic nitrogens is 7. The number of nitrogens with two attached hydrogens (primary N) is 2. The first-order valence-electron chi connectivity index (χ1n) is 15.6. The highest BCUT2D eigenvalue weighted by Gasteiger charge is 2.18. The van der Waals surface area contributed by atoms with E-state index in [2.05, 4.69) is 20.7 Å². The van der Waals surface area contributed by atoms with Crippen LogP contribution in [0.15, 0.2) is 59.0 Å². The summed E-state index contributed by atoms with van der Waals surface area (Å²) in [5.74, 6) is 1.76. The average molecular weight is 652 g/mol. The number of hydrogen-bond donors (Lipinski definition) is 5. The fourth-order valence-electron chi connectivity index (χ4n) is 5.55. The van der Waals surface area contributed by atoms with Gasteiger partial charge in [0.15, 0.2) is 5.89 Å². The van der Waals surface area contributed by atoms with Crippen molar-refractivity contribution in [1.29, 1.82) is 0 Å². The van der Waals surface area contributed by atoms with Gasteiger partial charge in [-0.1, -0.05) is 19.1 Å². The molecule has 0 saturated heterocycles. The summed E-state index contributed by atoms with van der Waals surface area (Å²) in [7, 11) is 0. The molecule has 15 heteroatoms. The van der Waals surface area contributed by atoms with Gasteiger partial charge in [-0.05, 0) is 56.2 Å². The number of aliphatic hydroxyl groups excluding tert-OH is 1. The van der Waals surface area contributed by atoms with Gasteiger partial charge in [0.1, 0.15) is 11.5 Å². The lowest BCUT2D eigenvalue weighted by Gasteiger charge is -2.11. The predicted molar refractivity (Wildman–Crippen MR) is 181 cm³/mol. The van der Waals surface area contributed by atoms with E-state index in [4.69, 9.17) is 25.9 Å². The number of aliphatic hydroxyl groups is 1. The lowest BCUT2D eigenvalue weighted by atomic mass is 10.2. The molecule has 2 aromatic carbocycles. The molecule has 6 aromatic rings. The zero-order valence-electron chi connectivity index (χ0n) is 26.9. The Labute approximate surface area is 275 Å². The van der Waals surface area contributed by atoms with Crippen LogP contribution in [0.4, 0.5) is 23.6 Å². The third-order valence-electron chi connectivity index (χ3n) is 7.84. The van der Waals surface area contributed by atoms with Crippen molar-refractivity contribution < 1.29 is 19.1 Å². The van der Waals surface area contributed by atoms with Crippen LogP contribution in [0.25, 0.3) is 22.1 Å². The number of nitrogens with zero attached hydrogens (tertiary/aromatic N) is 7. The standard InChI is InChI=1S/C33H37N11O4/c1-4-23-31(48-20(3)36-23)40-33-38-25-18-22(30(35)47)9-11-27(25)43(33)13-6-5-12-42-26-10-8-21(29(34)46)17-24(26)37-32(42)39-28-16-19(2)41-44(28)14-7-15-45/h5-6,8-11,16-18,45H,4,7,12-15H2,1-3H3,(H2,34,46)(H2,35,47)(H,37,39)(H,38,40)/b6-5+. The third-order valence-corrected chi connectivity index (χ3v) is 7.84. The summed E-state index contributed by atoms with van der Waals surface area (Å²) in [6.07, 6.45) is 5.23. The van der Waals surface area contributed by atoms with E-state index in [1.165, 1.54) is 0 Å². The number of hydrogen-bond acceptors (Lipinski definition) is 10. The lowest BCUT2D eigenvalue weighted by Crippen LogP contribution is -2.10. The van der Waals surface area contributed by atoms with Gasteiger partial charge in [-0.2, -0.15) is 5.10 Å². The summed E-state index contributed by atoms with van der Waals surface area (Å²) in [5.41, 5.74) is 16.2. The lowest BCUT2D eigenvalue weighted by molar-refractivity contribution is 0.0992. The summed E-state index contributed by atoms with van der Waals surface area (Å²) < 4.78 is 11.6. The van der Waals surface area contributed by atoms with Crippen LogP contribution in [-0.2, 0) is 26.1 Å². The van der Waals surface area contributed by atoms with E-state index in [0.29, 0.717) is 78.3 Å². The molecule has 0 aliphatic carbocycles. The molecule has 7 N–H and O–H groups in total. The minimum Gasteiger partial charge on any atom is -0.425 e. The molecule has 0 radical (unpaired) electrons. The van der Waals surface area contributed by atoms with Crippen LogP contribution in [-0.4, -0.2) is 57.4 Å². The van der Waals surface area contributed by atoms with Crippen molar-refractivity contribution in [3.05, 3.63) is 83.0 Å². The van der Waals surface area contributed by atoms with Gasteiger partial charge >= 0.3 is 0 Å². The monoisotopic (exact) mass is 651 g/mol. The number of fused-ring (bicyclic) bond motifs is 2. The van der Waals surface area contributed by atoms with E-state index in [1.54, 1.807) is 35.9 Å². The number of imidazole rings is 2. The highest BCUT2D eigenvalue weighted by molar-refractivity contribution is 5.97. The third kappa shape index (κ3) is 6.48. The Hall–Kier alpha value is -5.96. The van der Waals surface area contributed by atoms with Gasteiger partial charge < -0.3 is 35.4 Å². The van der Waals surface area contributed by atoms with Gasteiger partial charge in [-0.3, -0.25) is 14.9 Å². The summed E-state index contributed by atoms with van der Waals surface area (Å²) in [6.45, 7) is 7.12. The van der Waals surface area contributed by atoms with Gasteiger partial charge in [0.05, 0.1) is 27.8 Å². The van der Waals surface area contributed by atoms with E-state index in [-0.39, 0.29) is 6.61 Å². The largest absolute Gasteiger partial charge is 0.425 e. The van der Waals surface area contributed by atoms with Gasteiger partial charge in [-0.15, -0.1) is 0 Å². The molecule has 15 nitrogen and oxygen atoms in total. The van der Waals surface area contributed by atoms with Gasteiger partial charge in [0.2, 0.25) is 29.6 Å². The first kappa shape index (κ1) is 32.0. The highest BCUT2D eigenvalue weighted by atomic mass is 16.4. The molecule has 248 valence electrons. The van der Waals surface area contributed by atoms with Crippen LogP contribution in [0.3, 0.4) is 0 Å². The molecule has 48 heavy (non-hydrogen) atoms. The van der Waals surface area contributed by atoms with Crippen molar-refractivity contribution in [2.75, 3.05) is 17.2 Å². The first-order valence-corrected chi connectivity index (χ1v) is 15.6. The SMILES string of the molecule is CCc1nc(C)oc1Nc1nc2cc(C(N)=O)ccc2n1C/C=C/Cn1c(Nc2cc(C)nn2CCCO)nc2cc(C(N)=O)ccc21. The summed E-state index contributed by atoms with van der Waals surface area (Å²) >= 11 is 0. The number of allylic oxidation sites excluding steroid dienone is 2. The molecule has 2 amide bonds. The van der Waals surface area contributed by atoms with Crippen LogP contribution in [0.5, 0.6) is 0 Å². The maximum Gasteiger partial charge on any atom is 0.248 e. The smallest absolute Gasteiger partial charge is 0.248 e. The summed E-state index contributed by atoms with van der Waals surface area (Å²) in [6, 6.07) is 12.2. The molecule has 0 fully saturated rings. The number of benzene rings is 2. The molecule has 0 aliphatic heterocycles. The molecule has 0 unspecified atom stereocenters. The van der Waals surface area contributed by atoms with Gasteiger partial charge in [0.25, 0.3) is 0 Å². The number of amides is 2. The Balaban J connectivity index is 1.33.